The molecule has 0 aliphatic heterocycles. The van der Waals surface area contributed by atoms with Crippen LogP contribution in [0.4, 0.5) is 4.39 Å². The molecule has 1 aromatic heterocycles. The van der Waals surface area contributed by atoms with Crippen LogP contribution in [-0.4, -0.2) is 17.1 Å². The van der Waals surface area contributed by atoms with Crippen molar-refractivity contribution in [2.75, 3.05) is 7.11 Å². The summed E-state index contributed by atoms with van der Waals surface area (Å²) in [6, 6.07) is 4.39. The number of ether oxygens (including phenoxy) is 1. The van der Waals surface area contributed by atoms with Crippen LogP contribution < -0.4 is 10.3 Å². The van der Waals surface area contributed by atoms with E-state index in [0.717, 1.165) is 0 Å². The number of para-hydroxylation sites is 1. The Kier molecular flexibility index (Phi) is 2.68. The van der Waals surface area contributed by atoms with Gasteiger partial charge in [0.15, 0.2) is 11.6 Å². The highest BCUT2D eigenvalue weighted by atomic mass is 19.1. The smallest absolute Gasteiger partial charge is 0.258 e. The van der Waals surface area contributed by atoms with Crippen LogP contribution in [-0.2, 0) is 0 Å². The van der Waals surface area contributed by atoms with E-state index in [-0.39, 0.29) is 16.9 Å². The fraction of sp³-hybridized carbons (Fsp3) is 0.0909. The number of methoxy groups -OCH3 is 1. The summed E-state index contributed by atoms with van der Waals surface area (Å²) in [6.45, 7) is 0. The summed E-state index contributed by atoms with van der Waals surface area (Å²) >= 11 is 0. The van der Waals surface area contributed by atoms with Gasteiger partial charge in [-0.3, -0.25) is 4.79 Å². The maximum Gasteiger partial charge on any atom is 0.258 e. The lowest BCUT2D eigenvalue weighted by atomic mass is 10.1. The molecule has 82 valence electrons. The summed E-state index contributed by atoms with van der Waals surface area (Å²) < 4.78 is 18.3. The van der Waals surface area contributed by atoms with Gasteiger partial charge in [-0.05, 0) is 6.07 Å². The van der Waals surface area contributed by atoms with Crippen molar-refractivity contribution in [2.45, 2.75) is 0 Å². The van der Waals surface area contributed by atoms with E-state index >= 15 is 0 Å². The highest BCUT2D eigenvalue weighted by molar-refractivity contribution is 5.69. The lowest BCUT2D eigenvalue weighted by molar-refractivity contribution is 0.388. The molecule has 4 nitrogen and oxygen atoms in total. The van der Waals surface area contributed by atoms with Gasteiger partial charge in [0.05, 0.1) is 19.0 Å². The number of nitrogens with one attached hydrogen (secondary N) is 1. The van der Waals surface area contributed by atoms with Gasteiger partial charge in [0.2, 0.25) is 0 Å². The number of halogens is 1. The minimum absolute atomic E-state index is 0.0426. The first-order chi connectivity index (χ1) is 7.74. The topological polar surface area (TPSA) is 55.0 Å². The van der Waals surface area contributed by atoms with Gasteiger partial charge in [0.25, 0.3) is 5.56 Å². The van der Waals surface area contributed by atoms with E-state index in [4.69, 9.17) is 4.74 Å². The van der Waals surface area contributed by atoms with Crippen molar-refractivity contribution in [1.82, 2.24) is 9.97 Å². The van der Waals surface area contributed by atoms with E-state index in [1.807, 2.05) is 0 Å². The molecule has 0 saturated carbocycles. The number of benzene rings is 1. The summed E-state index contributed by atoms with van der Waals surface area (Å²) in [5.74, 6) is -0.468. The number of nitrogens with zero attached hydrogens (tertiary/aromatic N) is 1. The highest BCUT2D eigenvalue weighted by Crippen LogP contribution is 2.29. The maximum absolute atomic E-state index is 13.4. The summed E-state index contributed by atoms with van der Waals surface area (Å²) in [7, 11) is 1.35. The second kappa shape index (κ2) is 4.14. The van der Waals surface area contributed by atoms with Crippen molar-refractivity contribution >= 4 is 0 Å². The fourth-order valence-electron chi connectivity index (χ4n) is 1.46. The molecular weight excluding hydrogens is 211 g/mol. The first kappa shape index (κ1) is 10.4. The third-order valence-corrected chi connectivity index (χ3v) is 2.18. The average molecular weight is 220 g/mol. The highest BCUT2D eigenvalue weighted by Gasteiger charge is 2.12. The molecule has 0 spiro atoms. The zero-order chi connectivity index (χ0) is 11.5. The van der Waals surface area contributed by atoms with E-state index in [1.165, 1.54) is 31.8 Å². The van der Waals surface area contributed by atoms with Gasteiger partial charge in [-0.25, -0.2) is 9.37 Å². The zero-order valence-electron chi connectivity index (χ0n) is 8.53. The molecule has 0 aliphatic rings. The van der Waals surface area contributed by atoms with Crippen LogP contribution in [0.15, 0.2) is 35.5 Å². The summed E-state index contributed by atoms with van der Waals surface area (Å²) in [4.78, 5) is 17.7. The van der Waals surface area contributed by atoms with E-state index in [2.05, 4.69) is 9.97 Å². The number of hydrogen-bond donors (Lipinski definition) is 1. The van der Waals surface area contributed by atoms with Gasteiger partial charge in [0.1, 0.15) is 0 Å². The molecule has 5 heteroatoms. The Bertz CT molecular complexity index is 566. The standard InChI is InChI=1S/C11H9FN2O2/c1-16-10-7(3-2-4-9(10)12)8-5-13-6-14-11(8)15/h2-6H,1H3,(H,13,14,15). The van der Waals surface area contributed by atoms with E-state index in [1.54, 1.807) is 6.07 Å². The van der Waals surface area contributed by atoms with Gasteiger partial charge in [-0.1, -0.05) is 12.1 Å². The van der Waals surface area contributed by atoms with Gasteiger partial charge >= 0.3 is 0 Å². The van der Waals surface area contributed by atoms with Crippen molar-refractivity contribution < 1.29 is 9.13 Å². The molecule has 2 aromatic rings. The molecule has 16 heavy (non-hydrogen) atoms. The number of H-pyrrole nitrogens is 1. The zero-order valence-corrected chi connectivity index (χ0v) is 8.53. The Labute approximate surface area is 90.7 Å². The average Bonchev–Trinajstić information content (AvgIpc) is 2.29. The van der Waals surface area contributed by atoms with Crippen LogP contribution in [0.3, 0.4) is 0 Å². The molecule has 1 N–H and O–H groups in total. The summed E-state index contributed by atoms with van der Waals surface area (Å²) in [5.41, 5.74) is 0.328. The van der Waals surface area contributed by atoms with Crippen LogP contribution in [0.1, 0.15) is 0 Å². The lowest BCUT2D eigenvalue weighted by Gasteiger charge is -2.07. The third kappa shape index (κ3) is 1.67. The second-order valence-electron chi connectivity index (χ2n) is 3.12. The molecule has 0 radical (unpaired) electrons. The molecule has 0 unspecified atom stereocenters. The number of hydrogen-bond acceptors (Lipinski definition) is 3. The molecule has 0 saturated heterocycles. The molecule has 0 fully saturated rings. The van der Waals surface area contributed by atoms with Crippen molar-refractivity contribution in [3.8, 4) is 16.9 Å². The van der Waals surface area contributed by atoms with E-state index in [9.17, 15) is 9.18 Å². The van der Waals surface area contributed by atoms with Crippen molar-refractivity contribution in [2.24, 2.45) is 0 Å². The molecule has 0 atom stereocenters. The van der Waals surface area contributed by atoms with Crippen LogP contribution >= 0.6 is 0 Å². The molecule has 0 bridgehead atoms. The SMILES string of the molecule is COc1c(F)cccc1-c1cnc[nH]c1=O. The number of rotatable bonds is 2. The fourth-order valence-corrected chi connectivity index (χ4v) is 1.46. The van der Waals surface area contributed by atoms with Gasteiger partial charge < -0.3 is 9.72 Å². The Morgan fingerprint density at radius 3 is 2.88 bits per heavy atom. The predicted octanol–water partition coefficient (Wildman–Crippen LogP) is 1.58. The molecule has 0 aliphatic carbocycles. The van der Waals surface area contributed by atoms with Crippen LogP contribution in [0.5, 0.6) is 5.75 Å². The minimum atomic E-state index is -0.511. The van der Waals surface area contributed by atoms with E-state index in [0.29, 0.717) is 5.56 Å². The van der Waals surface area contributed by atoms with E-state index < -0.39 is 5.82 Å². The summed E-state index contributed by atoms with van der Waals surface area (Å²) in [5, 5.41) is 0. The Morgan fingerprint density at radius 1 is 1.38 bits per heavy atom. The molecular formula is C11H9FN2O2. The van der Waals surface area contributed by atoms with Crippen molar-refractivity contribution in [3.63, 3.8) is 0 Å². The monoisotopic (exact) mass is 220 g/mol. The first-order valence-corrected chi connectivity index (χ1v) is 4.59. The lowest BCUT2D eigenvalue weighted by Crippen LogP contribution is -2.09. The minimum Gasteiger partial charge on any atom is -0.493 e. The number of aromatic amines is 1. The maximum atomic E-state index is 13.4. The molecule has 0 amide bonds. The van der Waals surface area contributed by atoms with Gasteiger partial charge in [-0.2, -0.15) is 0 Å². The summed E-state index contributed by atoms with van der Waals surface area (Å²) in [6.07, 6.45) is 2.65. The predicted molar refractivity (Wildman–Crippen MR) is 56.8 cm³/mol. The quantitative estimate of drug-likeness (QED) is 0.836. The first-order valence-electron chi connectivity index (χ1n) is 4.59. The third-order valence-electron chi connectivity index (χ3n) is 2.18. The van der Waals surface area contributed by atoms with Crippen LogP contribution in [0, 0.1) is 5.82 Å². The Morgan fingerprint density at radius 2 is 2.19 bits per heavy atom. The molecule has 2 rings (SSSR count). The Hall–Kier alpha value is -2.17. The van der Waals surface area contributed by atoms with Crippen LogP contribution in [0.25, 0.3) is 11.1 Å². The number of aromatic nitrogens is 2. The van der Waals surface area contributed by atoms with Crippen molar-refractivity contribution in [3.05, 3.63) is 46.9 Å². The van der Waals surface area contributed by atoms with Crippen molar-refractivity contribution in [1.29, 1.82) is 0 Å². The van der Waals surface area contributed by atoms with Crippen LogP contribution in [0.2, 0.25) is 0 Å². The largest absolute Gasteiger partial charge is 0.493 e. The second-order valence-corrected chi connectivity index (χ2v) is 3.12. The Balaban J connectivity index is 2.70. The molecule has 1 aromatic carbocycles. The normalized spacial score (nSPS) is 10.1. The van der Waals surface area contributed by atoms with Gasteiger partial charge in [-0.15, -0.1) is 0 Å². The van der Waals surface area contributed by atoms with Gasteiger partial charge in [0, 0.05) is 11.8 Å². The molecule has 1 heterocycles.